The highest BCUT2D eigenvalue weighted by atomic mass is 19.4. The lowest BCUT2D eigenvalue weighted by molar-refractivity contribution is -0.136. The fourth-order valence-corrected chi connectivity index (χ4v) is 3.07. The van der Waals surface area contributed by atoms with E-state index >= 15 is 0 Å². The number of alkyl halides is 3. The van der Waals surface area contributed by atoms with E-state index in [2.05, 4.69) is 31.0 Å². The Labute approximate surface area is 122 Å². The molecule has 0 spiro atoms. The molecule has 0 aromatic carbocycles. The molecule has 0 bridgehead atoms. The summed E-state index contributed by atoms with van der Waals surface area (Å²) < 4.78 is 37.0. The van der Waals surface area contributed by atoms with Gasteiger partial charge in [0.2, 0.25) is 0 Å². The van der Waals surface area contributed by atoms with Gasteiger partial charge in [-0.25, -0.2) is 0 Å². The van der Waals surface area contributed by atoms with Gasteiger partial charge in [-0.3, -0.25) is 0 Å². The molecule has 1 atom stereocenters. The van der Waals surface area contributed by atoms with Crippen LogP contribution in [0, 0.1) is 0 Å². The first-order chi connectivity index (χ1) is 9.23. The largest absolute Gasteiger partial charge is 0.389 e. The van der Waals surface area contributed by atoms with Gasteiger partial charge in [-0.1, -0.05) is 20.8 Å². The maximum absolute atomic E-state index is 12.3. The molecule has 0 radical (unpaired) electrons. The van der Waals surface area contributed by atoms with Crippen molar-refractivity contribution in [2.24, 2.45) is 0 Å². The Bertz CT molecular complexity index is 248. The van der Waals surface area contributed by atoms with Crippen LogP contribution in [0.2, 0.25) is 0 Å². The van der Waals surface area contributed by atoms with E-state index in [1.807, 2.05) is 14.1 Å². The van der Waals surface area contributed by atoms with Crippen molar-refractivity contribution in [2.75, 3.05) is 20.6 Å². The smallest absolute Gasteiger partial charge is 0.312 e. The summed E-state index contributed by atoms with van der Waals surface area (Å²) in [6.45, 7) is 7.17. The van der Waals surface area contributed by atoms with E-state index in [0.717, 1.165) is 25.8 Å². The Morgan fingerprint density at radius 1 is 1.05 bits per heavy atom. The topological polar surface area (TPSA) is 15.3 Å². The van der Waals surface area contributed by atoms with Gasteiger partial charge in [-0.05, 0) is 52.7 Å². The lowest BCUT2D eigenvalue weighted by Crippen LogP contribution is -2.58. The lowest BCUT2D eigenvalue weighted by atomic mass is 9.80. The van der Waals surface area contributed by atoms with E-state index in [0.29, 0.717) is 6.42 Å². The Balaban J connectivity index is 4.82. The average Bonchev–Trinajstić information content (AvgIpc) is 2.35. The molecular formula is C15H31F3N2. The van der Waals surface area contributed by atoms with Gasteiger partial charge in [0, 0.05) is 18.0 Å². The van der Waals surface area contributed by atoms with Crippen molar-refractivity contribution in [1.29, 1.82) is 0 Å². The Hall–Kier alpha value is -0.290. The number of halogens is 3. The van der Waals surface area contributed by atoms with Crippen molar-refractivity contribution in [3.05, 3.63) is 0 Å². The molecule has 0 saturated carbocycles. The molecule has 0 saturated heterocycles. The highest BCUT2D eigenvalue weighted by Gasteiger charge is 2.37. The second kappa shape index (κ2) is 8.88. The number of likely N-dealkylation sites (N-methyl/N-ethyl adjacent to an activating group) is 1. The van der Waals surface area contributed by atoms with Gasteiger partial charge in [0.05, 0.1) is 0 Å². The highest BCUT2D eigenvalue weighted by molar-refractivity contribution is 4.97. The van der Waals surface area contributed by atoms with Crippen LogP contribution in [0.25, 0.3) is 0 Å². The van der Waals surface area contributed by atoms with Gasteiger partial charge in [-0.15, -0.1) is 0 Å². The molecule has 20 heavy (non-hydrogen) atoms. The quantitative estimate of drug-likeness (QED) is 0.650. The predicted octanol–water partition coefficient (Wildman–Crippen LogP) is 4.21. The van der Waals surface area contributed by atoms with E-state index in [-0.39, 0.29) is 18.0 Å². The molecule has 0 heterocycles. The normalized spacial score (nSPS) is 14.8. The van der Waals surface area contributed by atoms with Crippen LogP contribution in [0.5, 0.6) is 0 Å². The summed E-state index contributed by atoms with van der Waals surface area (Å²) in [6.07, 6.45) is -1.11. The van der Waals surface area contributed by atoms with Crippen LogP contribution in [0.4, 0.5) is 13.2 Å². The first-order valence-electron chi connectivity index (χ1n) is 7.71. The Morgan fingerprint density at radius 3 is 1.95 bits per heavy atom. The van der Waals surface area contributed by atoms with Gasteiger partial charge in [0.15, 0.2) is 0 Å². The number of rotatable bonds is 10. The minimum atomic E-state index is -4.05. The number of nitrogens with one attached hydrogen (secondary N) is 1. The fourth-order valence-electron chi connectivity index (χ4n) is 3.07. The second-order valence-electron chi connectivity index (χ2n) is 5.72. The third-order valence-electron chi connectivity index (χ3n) is 4.36. The van der Waals surface area contributed by atoms with Gasteiger partial charge < -0.3 is 10.2 Å². The molecule has 1 unspecified atom stereocenters. The molecule has 0 amide bonds. The summed E-state index contributed by atoms with van der Waals surface area (Å²) in [4.78, 5) is 2.17. The number of nitrogens with zero attached hydrogens (tertiary/aromatic N) is 1. The molecule has 2 nitrogen and oxygen atoms in total. The number of hydrogen-bond donors (Lipinski definition) is 1. The first-order valence-corrected chi connectivity index (χ1v) is 7.71. The summed E-state index contributed by atoms with van der Waals surface area (Å²) in [5, 5.41) is 3.47. The third kappa shape index (κ3) is 6.00. The van der Waals surface area contributed by atoms with Crippen LogP contribution in [-0.2, 0) is 0 Å². The average molecular weight is 296 g/mol. The predicted molar refractivity (Wildman–Crippen MR) is 79.0 cm³/mol. The molecule has 1 N–H and O–H groups in total. The van der Waals surface area contributed by atoms with Crippen molar-refractivity contribution >= 4 is 0 Å². The number of hydrogen-bond acceptors (Lipinski definition) is 2. The Morgan fingerprint density at radius 2 is 1.60 bits per heavy atom. The zero-order valence-electron chi connectivity index (χ0n) is 13.6. The molecule has 0 rings (SSSR count). The van der Waals surface area contributed by atoms with Crippen molar-refractivity contribution in [1.82, 2.24) is 10.2 Å². The second-order valence-corrected chi connectivity index (χ2v) is 5.72. The SMILES string of the molecule is CCCNC(CCCC(F)(F)F)C(CC)(CC)N(C)C. The van der Waals surface area contributed by atoms with Crippen LogP contribution >= 0.6 is 0 Å². The van der Waals surface area contributed by atoms with Crippen molar-refractivity contribution in [3.8, 4) is 0 Å². The van der Waals surface area contributed by atoms with Gasteiger partial charge >= 0.3 is 6.18 Å². The summed E-state index contributed by atoms with van der Waals surface area (Å²) in [5.74, 6) is 0. The maximum atomic E-state index is 12.3. The standard InChI is InChI=1S/C15H31F3N2/c1-6-12-19-13(10-9-11-15(16,17)18)14(7-2,8-3)20(4)5/h13,19H,6-12H2,1-5H3. The van der Waals surface area contributed by atoms with Crippen LogP contribution in [0.3, 0.4) is 0 Å². The van der Waals surface area contributed by atoms with Crippen molar-refractivity contribution < 1.29 is 13.2 Å². The molecule has 0 fully saturated rings. The van der Waals surface area contributed by atoms with E-state index in [1.54, 1.807) is 0 Å². The summed E-state index contributed by atoms with van der Waals surface area (Å²) in [6, 6.07) is 0.106. The summed E-state index contributed by atoms with van der Waals surface area (Å²) >= 11 is 0. The van der Waals surface area contributed by atoms with Crippen LogP contribution in [0.1, 0.15) is 59.3 Å². The molecule has 0 aliphatic rings. The molecule has 0 aromatic rings. The van der Waals surface area contributed by atoms with Gasteiger partial charge in [-0.2, -0.15) is 13.2 Å². The fraction of sp³-hybridized carbons (Fsp3) is 1.00. The molecule has 122 valence electrons. The molecular weight excluding hydrogens is 265 g/mol. The summed E-state index contributed by atoms with van der Waals surface area (Å²) in [5.41, 5.74) is -0.0687. The highest BCUT2D eigenvalue weighted by Crippen LogP contribution is 2.30. The zero-order valence-corrected chi connectivity index (χ0v) is 13.6. The maximum Gasteiger partial charge on any atom is 0.389 e. The summed E-state index contributed by atoms with van der Waals surface area (Å²) in [7, 11) is 4.05. The minimum Gasteiger partial charge on any atom is -0.312 e. The van der Waals surface area contributed by atoms with Crippen molar-refractivity contribution in [2.45, 2.75) is 77.1 Å². The monoisotopic (exact) mass is 296 g/mol. The van der Waals surface area contributed by atoms with Crippen LogP contribution in [-0.4, -0.2) is 43.3 Å². The zero-order chi connectivity index (χ0) is 15.8. The first kappa shape index (κ1) is 19.7. The van der Waals surface area contributed by atoms with Crippen LogP contribution in [0.15, 0.2) is 0 Å². The van der Waals surface area contributed by atoms with Crippen LogP contribution < -0.4 is 5.32 Å². The molecule has 0 aliphatic carbocycles. The molecule has 0 aliphatic heterocycles. The van der Waals surface area contributed by atoms with E-state index in [4.69, 9.17) is 0 Å². The minimum absolute atomic E-state index is 0.0687. The van der Waals surface area contributed by atoms with E-state index in [9.17, 15) is 13.2 Å². The van der Waals surface area contributed by atoms with Gasteiger partial charge in [0.1, 0.15) is 0 Å². The lowest BCUT2D eigenvalue weighted by Gasteiger charge is -2.46. The van der Waals surface area contributed by atoms with Crippen molar-refractivity contribution in [3.63, 3.8) is 0 Å². The van der Waals surface area contributed by atoms with Gasteiger partial charge in [0.25, 0.3) is 0 Å². The molecule has 0 aromatic heterocycles. The third-order valence-corrected chi connectivity index (χ3v) is 4.36. The molecule has 5 heteroatoms. The Kier molecular flexibility index (Phi) is 8.75. The van der Waals surface area contributed by atoms with E-state index < -0.39 is 12.6 Å². The van der Waals surface area contributed by atoms with E-state index in [1.165, 1.54) is 0 Å².